The number of hydrogen-bond acceptors (Lipinski definition) is 5. The number of hydrazone groups is 1. The predicted molar refractivity (Wildman–Crippen MR) is 123 cm³/mol. The number of methoxy groups -OCH3 is 1. The van der Waals surface area contributed by atoms with E-state index in [1.165, 1.54) is 24.1 Å². The molecule has 33 heavy (non-hydrogen) atoms. The van der Waals surface area contributed by atoms with Crippen LogP contribution in [0.25, 0.3) is 0 Å². The average Bonchev–Trinajstić information content (AvgIpc) is 3.26. The van der Waals surface area contributed by atoms with Crippen molar-refractivity contribution in [3.8, 4) is 5.75 Å². The van der Waals surface area contributed by atoms with E-state index in [4.69, 9.17) is 4.74 Å². The molecule has 7 nitrogen and oxygen atoms in total. The van der Waals surface area contributed by atoms with E-state index in [1.54, 1.807) is 31.4 Å². The molecular formula is C24H22FN3O4S. The molecule has 4 rings (SSSR count). The lowest BCUT2D eigenvalue weighted by Gasteiger charge is -2.20. The number of ether oxygens (including phenoxy) is 1. The van der Waals surface area contributed by atoms with Gasteiger partial charge in [0.25, 0.3) is 10.0 Å². The summed E-state index contributed by atoms with van der Waals surface area (Å²) in [4.78, 5) is 12.2. The first-order valence-electron chi connectivity index (χ1n) is 10.2. The third-order valence-electron chi connectivity index (χ3n) is 5.31. The monoisotopic (exact) mass is 467 g/mol. The van der Waals surface area contributed by atoms with Crippen LogP contribution in [0.1, 0.15) is 30.5 Å². The van der Waals surface area contributed by atoms with Gasteiger partial charge in [-0.15, -0.1) is 0 Å². The SMILES string of the molecule is COc1cccc(C2CC(c3ccc(NS(=O)(=O)c4ccc(F)cc4)cc3)=NN2C(C)=O)c1. The molecule has 1 atom stereocenters. The van der Waals surface area contributed by atoms with Crippen LogP contribution in [-0.4, -0.2) is 32.2 Å². The van der Waals surface area contributed by atoms with Crippen molar-refractivity contribution in [2.45, 2.75) is 24.3 Å². The smallest absolute Gasteiger partial charge is 0.261 e. The number of sulfonamides is 1. The molecule has 1 N–H and O–H groups in total. The molecule has 3 aromatic rings. The van der Waals surface area contributed by atoms with Gasteiger partial charge >= 0.3 is 0 Å². The minimum Gasteiger partial charge on any atom is -0.497 e. The van der Waals surface area contributed by atoms with Crippen LogP contribution in [0.4, 0.5) is 10.1 Å². The van der Waals surface area contributed by atoms with Gasteiger partial charge in [-0.1, -0.05) is 24.3 Å². The number of halogens is 1. The Hall–Kier alpha value is -3.72. The standard InChI is InChI=1S/C24H22FN3O4S/c1-16(29)28-24(18-4-3-5-21(14-18)32-2)15-23(26-28)17-6-10-20(11-7-17)27-33(30,31)22-12-8-19(25)9-13-22/h3-14,24,27H,15H2,1-2H3. The number of carbonyl (C=O) groups is 1. The molecule has 0 radical (unpaired) electrons. The fourth-order valence-corrected chi connectivity index (χ4v) is 4.70. The van der Waals surface area contributed by atoms with Crippen molar-refractivity contribution < 1.29 is 22.3 Å². The van der Waals surface area contributed by atoms with Gasteiger partial charge < -0.3 is 4.74 Å². The van der Waals surface area contributed by atoms with Gasteiger partial charge in [-0.25, -0.2) is 17.8 Å². The van der Waals surface area contributed by atoms with E-state index in [2.05, 4.69) is 9.82 Å². The summed E-state index contributed by atoms with van der Waals surface area (Å²) in [7, 11) is -2.26. The third-order valence-corrected chi connectivity index (χ3v) is 6.70. The summed E-state index contributed by atoms with van der Waals surface area (Å²) in [5.74, 6) is 0.00578. The van der Waals surface area contributed by atoms with Crippen LogP contribution in [-0.2, 0) is 14.8 Å². The number of benzene rings is 3. The van der Waals surface area contributed by atoms with Crippen molar-refractivity contribution in [3.05, 3.63) is 89.7 Å². The summed E-state index contributed by atoms with van der Waals surface area (Å²) in [5, 5.41) is 5.97. The Morgan fingerprint density at radius 1 is 1.09 bits per heavy atom. The maximum absolute atomic E-state index is 13.1. The zero-order valence-electron chi connectivity index (χ0n) is 18.0. The summed E-state index contributed by atoms with van der Waals surface area (Å²) in [6, 6.07) is 18.6. The normalized spacial score (nSPS) is 15.8. The van der Waals surface area contributed by atoms with E-state index in [1.807, 2.05) is 24.3 Å². The molecule has 0 saturated carbocycles. The van der Waals surface area contributed by atoms with Crippen LogP contribution in [0, 0.1) is 5.82 Å². The highest BCUT2D eigenvalue weighted by Gasteiger charge is 2.31. The number of nitrogens with one attached hydrogen (secondary N) is 1. The highest BCUT2D eigenvalue weighted by Crippen LogP contribution is 2.34. The van der Waals surface area contributed by atoms with Crippen molar-refractivity contribution in [3.63, 3.8) is 0 Å². The molecule has 0 aliphatic carbocycles. The Kier molecular flexibility index (Phi) is 6.15. The van der Waals surface area contributed by atoms with Gasteiger partial charge in [0.05, 0.1) is 23.8 Å². The van der Waals surface area contributed by atoms with Gasteiger partial charge in [0, 0.05) is 19.0 Å². The summed E-state index contributed by atoms with van der Waals surface area (Å²) < 4.78 is 45.9. The molecule has 0 bridgehead atoms. The van der Waals surface area contributed by atoms with Gasteiger partial charge in [0.1, 0.15) is 11.6 Å². The first-order valence-corrected chi connectivity index (χ1v) is 11.7. The number of carbonyl (C=O) groups excluding carboxylic acids is 1. The Morgan fingerprint density at radius 2 is 1.79 bits per heavy atom. The van der Waals surface area contributed by atoms with Crippen LogP contribution < -0.4 is 9.46 Å². The molecule has 0 spiro atoms. The molecule has 3 aromatic carbocycles. The van der Waals surface area contributed by atoms with Crippen molar-refractivity contribution in [1.29, 1.82) is 0 Å². The lowest BCUT2D eigenvalue weighted by Crippen LogP contribution is -2.24. The summed E-state index contributed by atoms with van der Waals surface area (Å²) >= 11 is 0. The van der Waals surface area contributed by atoms with Gasteiger partial charge in [0.15, 0.2) is 0 Å². The van der Waals surface area contributed by atoms with Crippen LogP contribution in [0.2, 0.25) is 0 Å². The van der Waals surface area contributed by atoms with Crippen molar-refractivity contribution >= 4 is 27.3 Å². The van der Waals surface area contributed by atoms with E-state index in [-0.39, 0.29) is 16.8 Å². The molecule has 0 fully saturated rings. The molecule has 0 saturated heterocycles. The second kappa shape index (κ2) is 9.03. The maximum Gasteiger partial charge on any atom is 0.261 e. The second-order valence-electron chi connectivity index (χ2n) is 7.54. The minimum atomic E-state index is -3.85. The van der Waals surface area contributed by atoms with Crippen LogP contribution in [0.3, 0.4) is 0 Å². The zero-order chi connectivity index (χ0) is 23.6. The topological polar surface area (TPSA) is 88.1 Å². The van der Waals surface area contributed by atoms with E-state index >= 15 is 0 Å². The number of rotatable bonds is 6. The Balaban J connectivity index is 1.54. The Bertz CT molecular complexity index is 1310. The van der Waals surface area contributed by atoms with Gasteiger partial charge in [-0.05, 0) is 59.7 Å². The molecule has 1 amide bonds. The summed E-state index contributed by atoms with van der Waals surface area (Å²) in [5.41, 5.74) is 2.75. The van der Waals surface area contributed by atoms with E-state index < -0.39 is 15.8 Å². The molecule has 9 heteroatoms. The zero-order valence-corrected chi connectivity index (χ0v) is 18.8. The number of nitrogens with zero attached hydrogens (tertiary/aromatic N) is 2. The van der Waals surface area contributed by atoms with E-state index in [9.17, 15) is 17.6 Å². The first kappa shape index (κ1) is 22.5. The largest absolute Gasteiger partial charge is 0.497 e. The first-order chi connectivity index (χ1) is 15.8. The van der Waals surface area contributed by atoms with Crippen LogP contribution in [0.5, 0.6) is 5.75 Å². The molecular weight excluding hydrogens is 445 g/mol. The van der Waals surface area contributed by atoms with Crippen molar-refractivity contribution in [1.82, 2.24) is 5.01 Å². The number of anilines is 1. The molecule has 170 valence electrons. The quantitative estimate of drug-likeness (QED) is 0.584. The molecule has 0 aromatic heterocycles. The Labute approximate surface area is 191 Å². The second-order valence-corrected chi connectivity index (χ2v) is 9.23. The average molecular weight is 468 g/mol. The van der Waals surface area contributed by atoms with Crippen molar-refractivity contribution in [2.75, 3.05) is 11.8 Å². The van der Waals surface area contributed by atoms with Gasteiger partial charge in [0.2, 0.25) is 5.91 Å². The fraction of sp³-hybridized carbons (Fsp3) is 0.167. The lowest BCUT2D eigenvalue weighted by molar-refractivity contribution is -0.130. The van der Waals surface area contributed by atoms with Gasteiger partial charge in [-0.2, -0.15) is 5.10 Å². The van der Waals surface area contributed by atoms with E-state index in [0.29, 0.717) is 23.6 Å². The number of hydrogen-bond donors (Lipinski definition) is 1. The summed E-state index contributed by atoms with van der Waals surface area (Å²) in [6.45, 7) is 1.47. The molecule has 1 heterocycles. The minimum absolute atomic E-state index is 0.0358. The molecule has 1 aliphatic heterocycles. The highest BCUT2D eigenvalue weighted by atomic mass is 32.2. The summed E-state index contributed by atoms with van der Waals surface area (Å²) in [6.07, 6.45) is 0.507. The highest BCUT2D eigenvalue weighted by molar-refractivity contribution is 7.92. The fourth-order valence-electron chi connectivity index (χ4n) is 3.64. The lowest BCUT2D eigenvalue weighted by atomic mass is 9.98. The molecule has 1 unspecified atom stereocenters. The number of amides is 1. The van der Waals surface area contributed by atoms with Crippen molar-refractivity contribution in [2.24, 2.45) is 5.10 Å². The third kappa shape index (κ3) is 4.88. The van der Waals surface area contributed by atoms with Gasteiger partial charge in [-0.3, -0.25) is 9.52 Å². The maximum atomic E-state index is 13.1. The van der Waals surface area contributed by atoms with Crippen LogP contribution >= 0.6 is 0 Å². The Morgan fingerprint density at radius 3 is 2.42 bits per heavy atom. The van der Waals surface area contributed by atoms with E-state index in [0.717, 1.165) is 23.3 Å². The predicted octanol–water partition coefficient (Wildman–Crippen LogP) is 4.33. The molecule has 1 aliphatic rings. The van der Waals surface area contributed by atoms with Crippen LogP contribution in [0.15, 0.2) is 82.8 Å².